The highest BCUT2D eigenvalue weighted by molar-refractivity contribution is 5.71. The molecule has 88 valence electrons. The number of ether oxygens (including phenoxy) is 2. The monoisotopic (exact) mass is 215 g/mol. The molecule has 0 aromatic carbocycles. The Bertz CT molecular complexity index is 208. The van der Waals surface area contributed by atoms with Crippen molar-refractivity contribution in [2.75, 3.05) is 26.8 Å². The normalized spacial score (nSPS) is 27.7. The molecule has 1 rings (SSSR count). The molecule has 0 aromatic rings. The zero-order valence-electron chi connectivity index (χ0n) is 9.79. The van der Waals surface area contributed by atoms with E-state index in [-0.39, 0.29) is 11.9 Å². The average molecular weight is 215 g/mol. The summed E-state index contributed by atoms with van der Waals surface area (Å²) < 4.78 is 10.1. The molecule has 1 aliphatic heterocycles. The maximum absolute atomic E-state index is 11.1. The van der Waals surface area contributed by atoms with Crippen LogP contribution in [0.1, 0.15) is 20.3 Å². The molecular weight excluding hydrogens is 194 g/mol. The van der Waals surface area contributed by atoms with Crippen molar-refractivity contribution >= 4 is 5.97 Å². The van der Waals surface area contributed by atoms with Crippen LogP contribution >= 0.6 is 0 Å². The minimum Gasteiger partial charge on any atom is -0.469 e. The molecule has 4 heteroatoms. The van der Waals surface area contributed by atoms with Crippen LogP contribution in [0, 0.1) is 11.8 Å². The van der Waals surface area contributed by atoms with Crippen LogP contribution < -0.4 is 5.32 Å². The van der Waals surface area contributed by atoms with Gasteiger partial charge in [0.2, 0.25) is 0 Å². The number of esters is 1. The van der Waals surface area contributed by atoms with Crippen LogP contribution in [0.15, 0.2) is 0 Å². The highest BCUT2D eigenvalue weighted by atomic mass is 16.5. The summed E-state index contributed by atoms with van der Waals surface area (Å²) in [6, 6.07) is 0. The summed E-state index contributed by atoms with van der Waals surface area (Å²) in [7, 11) is 1.42. The highest BCUT2D eigenvalue weighted by Crippen LogP contribution is 2.19. The third-order valence-electron chi connectivity index (χ3n) is 2.99. The molecule has 0 spiro atoms. The maximum atomic E-state index is 11.1. The van der Waals surface area contributed by atoms with Gasteiger partial charge in [-0.25, -0.2) is 0 Å². The first-order valence-corrected chi connectivity index (χ1v) is 5.55. The van der Waals surface area contributed by atoms with Crippen LogP contribution in [0.3, 0.4) is 0 Å². The summed E-state index contributed by atoms with van der Waals surface area (Å²) in [5, 5.41) is 3.29. The van der Waals surface area contributed by atoms with E-state index < -0.39 is 0 Å². The Balaban J connectivity index is 2.13. The highest BCUT2D eigenvalue weighted by Gasteiger charge is 2.24. The Hall–Kier alpha value is -0.610. The molecule has 0 amide bonds. The van der Waals surface area contributed by atoms with Crippen molar-refractivity contribution in [3.05, 3.63) is 0 Å². The molecule has 1 N–H and O–H groups in total. The fourth-order valence-corrected chi connectivity index (χ4v) is 1.81. The van der Waals surface area contributed by atoms with Gasteiger partial charge >= 0.3 is 5.97 Å². The number of hydrogen-bond donors (Lipinski definition) is 1. The van der Waals surface area contributed by atoms with Crippen LogP contribution in [-0.4, -0.2) is 38.9 Å². The SMILES string of the molecule is COC(=O)C(C)CNCC1CCOC1C. The van der Waals surface area contributed by atoms with Crippen molar-refractivity contribution in [2.24, 2.45) is 11.8 Å². The van der Waals surface area contributed by atoms with Gasteiger partial charge in [-0.05, 0) is 19.3 Å². The van der Waals surface area contributed by atoms with Crippen LogP contribution in [0.4, 0.5) is 0 Å². The van der Waals surface area contributed by atoms with Gasteiger partial charge in [-0.1, -0.05) is 6.92 Å². The third-order valence-corrected chi connectivity index (χ3v) is 2.99. The average Bonchev–Trinajstić information content (AvgIpc) is 2.63. The summed E-state index contributed by atoms with van der Waals surface area (Å²) in [4.78, 5) is 11.1. The summed E-state index contributed by atoms with van der Waals surface area (Å²) >= 11 is 0. The Morgan fingerprint density at radius 2 is 2.40 bits per heavy atom. The van der Waals surface area contributed by atoms with Crippen molar-refractivity contribution in [1.29, 1.82) is 0 Å². The lowest BCUT2D eigenvalue weighted by Gasteiger charge is -2.16. The lowest BCUT2D eigenvalue weighted by molar-refractivity contribution is -0.144. The number of carbonyl (C=O) groups excluding carboxylic acids is 1. The first kappa shape index (κ1) is 12.5. The smallest absolute Gasteiger partial charge is 0.309 e. The predicted molar refractivity (Wildman–Crippen MR) is 57.6 cm³/mol. The van der Waals surface area contributed by atoms with E-state index in [0.717, 1.165) is 19.6 Å². The quantitative estimate of drug-likeness (QED) is 0.689. The molecule has 0 bridgehead atoms. The second-order valence-electron chi connectivity index (χ2n) is 4.21. The lowest BCUT2D eigenvalue weighted by Crippen LogP contribution is -2.32. The second-order valence-corrected chi connectivity index (χ2v) is 4.21. The van der Waals surface area contributed by atoms with Gasteiger partial charge in [0, 0.05) is 19.7 Å². The molecular formula is C11H21NO3. The van der Waals surface area contributed by atoms with Crippen LogP contribution in [0.5, 0.6) is 0 Å². The second kappa shape index (κ2) is 6.08. The molecule has 3 atom stereocenters. The number of methoxy groups -OCH3 is 1. The van der Waals surface area contributed by atoms with Gasteiger partial charge in [0.05, 0.1) is 19.1 Å². The van der Waals surface area contributed by atoms with Crippen molar-refractivity contribution in [1.82, 2.24) is 5.32 Å². The molecule has 3 unspecified atom stereocenters. The predicted octanol–water partition coefficient (Wildman–Crippen LogP) is 0.810. The standard InChI is InChI=1S/C11H21NO3/c1-8(11(13)14-3)6-12-7-10-4-5-15-9(10)2/h8-10,12H,4-7H2,1-3H3. The van der Waals surface area contributed by atoms with Gasteiger partial charge < -0.3 is 14.8 Å². The Kier molecular flexibility index (Phi) is 5.05. The first-order chi connectivity index (χ1) is 7.15. The molecule has 0 aliphatic carbocycles. The molecule has 4 nitrogen and oxygen atoms in total. The summed E-state index contributed by atoms with van der Waals surface area (Å²) in [5.74, 6) is 0.348. The zero-order valence-corrected chi connectivity index (χ0v) is 9.79. The molecule has 1 saturated heterocycles. The molecule has 0 aromatic heterocycles. The fourth-order valence-electron chi connectivity index (χ4n) is 1.81. The number of carbonyl (C=O) groups is 1. The van der Waals surface area contributed by atoms with Crippen molar-refractivity contribution < 1.29 is 14.3 Å². The molecule has 0 saturated carbocycles. The van der Waals surface area contributed by atoms with E-state index in [0.29, 0.717) is 18.6 Å². The maximum Gasteiger partial charge on any atom is 0.309 e. The minimum absolute atomic E-state index is 0.0763. The summed E-state index contributed by atoms with van der Waals surface area (Å²) in [6.45, 7) is 6.43. The number of hydrogen-bond acceptors (Lipinski definition) is 4. The molecule has 15 heavy (non-hydrogen) atoms. The van der Waals surface area contributed by atoms with Crippen LogP contribution in [-0.2, 0) is 14.3 Å². The first-order valence-electron chi connectivity index (χ1n) is 5.55. The number of rotatable bonds is 5. The van der Waals surface area contributed by atoms with Crippen molar-refractivity contribution in [3.63, 3.8) is 0 Å². The Labute approximate surface area is 91.3 Å². The van der Waals surface area contributed by atoms with E-state index in [1.807, 2.05) is 6.92 Å². The van der Waals surface area contributed by atoms with E-state index in [1.165, 1.54) is 7.11 Å². The minimum atomic E-state index is -0.154. The fraction of sp³-hybridized carbons (Fsp3) is 0.909. The van der Waals surface area contributed by atoms with Gasteiger partial charge in [-0.2, -0.15) is 0 Å². The Morgan fingerprint density at radius 1 is 1.67 bits per heavy atom. The topological polar surface area (TPSA) is 47.6 Å². The van der Waals surface area contributed by atoms with Gasteiger partial charge in [-0.15, -0.1) is 0 Å². The van der Waals surface area contributed by atoms with E-state index in [1.54, 1.807) is 0 Å². The molecule has 0 radical (unpaired) electrons. The van der Waals surface area contributed by atoms with Gasteiger partial charge in [0.1, 0.15) is 0 Å². The summed E-state index contributed by atoms with van der Waals surface area (Å²) in [5.41, 5.74) is 0. The number of nitrogens with one attached hydrogen (secondary N) is 1. The van der Waals surface area contributed by atoms with E-state index >= 15 is 0 Å². The van der Waals surface area contributed by atoms with E-state index in [4.69, 9.17) is 4.74 Å². The third kappa shape index (κ3) is 3.80. The van der Waals surface area contributed by atoms with Crippen molar-refractivity contribution in [3.8, 4) is 0 Å². The lowest BCUT2D eigenvalue weighted by atomic mass is 10.0. The van der Waals surface area contributed by atoms with E-state index in [9.17, 15) is 4.79 Å². The van der Waals surface area contributed by atoms with Gasteiger partial charge in [0.15, 0.2) is 0 Å². The van der Waals surface area contributed by atoms with E-state index in [2.05, 4.69) is 17.0 Å². The largest absolute Gasteiger partial charge is 0.469 e. The van der Waals surface area contributed by atoms with Gasteiger partial charge in [-0.3, -0.25) is 4.79 Å². The molecule has 1 aliphatic rings. The molecule has 1 fully saturated rings. The summed E-state index contributed by atoms with van der Waals surface area (Å²) in [6.07, 6.45) is 1.45. The Morgan fingerprint density at radius 3 is 2.93 bits per heavy atom. The molecule has 1 heterocycles. The van der Waals surface area contributed by atoms with Crippen LogP contribution in [0.2, 0.25) is 0 Å². The van der Waals surface area contributed by atoms with Crippen molar-refractivity contribution in [2.45, 2.75) is 26.4 Å². The zero-order chi connectivity index (χ0) is 11.3. The van der Waals surface area contributed by atoms with Gasteiger partial charge in [0.25, 0.3) is 0 Å². The van der Waals surface area contributed by atoms with Crippen LogP contribution in [0.25, 0.3) is 0 Å².